The fourth-order valence-electron chi connectivity index (χ4n) is 5.24. The lowest BCUT2D eigenvalue weighted by molar-refractivity contribution is 0.101. The van der Waals surface area contributed by atoms with Crippen molar-refractivity contribution in [1.82, 2.24) is 0 Å². The summed E-state index contributed by atoms with van der Waals surface area (Å²) in [5.74, 6) is -2.34. The molecule has 0 radical (unpaired) electrons. The molecule has 290 valence electrons. The molecule has 0 aliphatic heterocycles. The molecule has 0 heterocycles. The van der Waals surface area contributed by atoms with Crippen LogP contribution in [-0.4, -0.2) is 62.2 Å². The number of nitrogens with zero attached hydrogens (tertiary/aromatic N) is 3. The maximum absolute atomic E-state index is 13.3. The van der Waals surface area contributed by atoms with E-state index in [1.54, 1.807) is 42.5 Å². The Morgan fingerprint density at radius 1 is 0.561 bits per heavy atom. The van der Waals surface area contributed by atoms with Gasteiger partial charge in [-0.05, 0) is 97.1 Å². The monoisotopic (exact) mass is 830 g/mol. The van der Waals surface area contributed by atoms with Crippen LogP contribution in [0.4, 0.5) is 28.4 Å². The third-order valence-corrected chi connectivity index (χ3v) is 10.5. The minimum atomic E-state index is -5.17. The molecule has 1 aliphatic rings. The summed E-state index contributed by atoms with van der Waals surface area (Å²) in [6.45, 7) is 0. The molecular formula is C36H26N6O12S3. The largest absolute Gasteiger partial charge is 0.322 e. The summed E-state index contributed by atoms with van der Waals surface area (Å²) >= 11 is 0. The second kappa shape index (κ2) is 15.8. The van der Waals surface area contributed by atoms with Crippen molar-refractivity contribution in [3.05, 3.63) is 148 Å². The molecule has 0 unspecified atom stereocenters. The van der Waals surface area contributed by atoms with Gasteiger partial charge in [0.2, 0.25) is 0 Å². The molecule has 0 atom stereocenters. The van der Waals surface area contributed by atoms with Gasteiger partial charge in [0.05, 0.1) is 38.1 Å². The zero-order valence-electron chi connectivity index (χ0n) is 28.6. The topological polar surface area (TPSA) is 287 Å². The number of hydrogen-bond acceptors (Lipinski definition) is 13. The average molecular weight is 831 g/mol. The third-order valence-electron chi connectivity index (χ3n) is 7.95. The smallest absolute Gasteiger partial charge is 0.296 e. The second-order valence-corrected chi connectivity index (χ2v) is 16.1. The first-order valence-electron chi connectivity index (χ1n) is 16.0. The molecule has 6 rings (SSSR count). The van der Waals surface area contributed by atoms with Crippen molar-refractivity contribution in [3.8, 4) is 0 Å². The second-order valence-electron chi connectivity index (χ2n) is 11.9. The first-order chi connectivity index (χ1) is 26.9. The molecule has 5 aromatic rings. The van der Waals surface area contributed by atoms with E-state index in [0.717, 1.165) is 12.1 Å². The summed E-state index contributed by atoms with van der Waals surface area (Å²) in [6.07, 6.45) is 0.542. The summed E-state index contributed by atoms with van der Waals surface area (Å²) < 4.78 is 101. The molecule has 0 saturated heterocycles. The van der Waals surface area contributed by atoms with Gasteiger partial charge < -0.3 is 10.6 Å². The summed E-state index contributed by atoms with van der Waals surface area (Å²) in [7, 11) is -14.5. The van der Waals surface area contributed by atoms with Crippen LogP contribution in [0.5, 0.6) is 0 Å². The maximum atomic E-state index is 13.3. The van der Waals surface area contributed by atoms with Crippen LogP contribution in [0.25, 0.3) is 0 Å². The Kier molecular flexibility index (Phi) is 11.1. The van der Waals surface area contributed by atoms with Crippen molar-refractivity contribution in [1.29, 1.82) is 0 Å². The van der Waals surface area contributed by atoms with Crippen molar-refractivity contribution < 1.29 is 53.3 Å². The molecule has 57 heavy (non-hydrogen) atoms. The highest BCUT2D eigenvalue weighted by Crippen LogP contribution is 2.34. The van der Waals surface area contributed by atoms with Crippen LogP contribution in [0.15, 0.2) is 151 Å². The van der Waals surface area contributed by atoms with Crippen molar-refractivity contribution in [3.63, 3.8) is 0 Å². The van der Waals surface area contributed by atoms with E-state index in [0.29, 0.717) is 23.1 Å². The highest BCUT2D eigenvalue weighted by molar-refractivity contribution is 7.91. The number of anilines is 3. The summed E-state index contributed by atoms with van der Waals surface area (Å²) in [5.41, 5.74) is 2.21. The minimum Gasteiger partial charge on any atom is -0.322 e. The standard InChI is InChI=1S/C36H26N6O12S3/c43-31-20-32(57(52,53)54)34(29-18-28(56(49,50)51)19-30(33(29)31)38-36(45)21-4-2-1-3-5-21)42-41-24-8-6-22(7-9-24)35(44)37-23-10-12-25(13-11-23)39-40-26-14-16-27(17-15-26)55(46,47)48/h1-20,41H,(H,37,44)(H,38,45)(H,46,47,48)(H,49,50,51)(H,52,53,54)/b40-39?,42-34-. The molecule has 0 spiro atoms. The van der Waals surface area contributed by atoms with Gasteiger partial charge in [-0.15, -0.1) is 0 Å². The number of carbonyl (C=O) groups excluding carboxylic acids is 3. The lowest BCUT2D eigenvalue weighted by atomic mass is 9.92. The van der Waals surface area contributed by atoms with E-state index in [4.69, 9.17) is 4.55 Å². The Hall–Kier alpha value is -6.75. The van der Waals surface area contributed by atoms with Gasteiger partial charge in [0.1, 0.15) is 10.6 Å². The molecule has 18 nitrogen and oxygen atoms in total. The maximum Gasteiger partial charge on any atom is 0.296 e. The zero-order valence-corrected chi connectivity index (χ0v) is 31.1. The number of rotatable bonds is 11. The molecule has 21 heteroatoms. The summed E-state index contributed by atoms with van der Waals surface area (Å²) in [5, 5.41) is 17.2. The number of benzene rings is 5. The molecule has 0 fully saturated rings. The molecule has 5 aromatic carbocycles. The Bertz CT molecular complexity index is 2860. The van der Waals surface area contributed by atoms with Crippen LogP contribution >= 0.6 is 0 Å². The predicted molar refractivity (Wildman–Crippen MR) is 206 cm³/mol. The fourth-order valence-corrected chi connectivity index (χ4v) is 6.90. The van der Waals surface area contributed by atoms with Crippen LogP contribution in [-0.2, 0) is 30.4 Å². The van der Waals surface area contributed by atoms with Crippen LogP contribution < -0.4 is 16.1 Å². The Balaban J connectivity index is 1.21. The SMILES string of the molecule is O=C(Nc1ccc(N=Nc2ccc(S(=O)(=O)O)cc2)cc1)c1ccc(N/N=C2\C(S(=O)(=O)O)=CC(=O)c3c(NC(=O)c4ccccc4)cc(S(=O)(=O)O)cc32)cc1. The van der Waals surface area contributed by atoms with E-state index in [-0.39, 0.29) is 21.7 Å². The van der Waals surface area contributed by atoms with Gasteiger partial charge in [0.15, 0.2) is 5.78 Å². The quantitative estimate of drug-likeness (QED) is 0.0515. The fraction of sp³-hybridized carbons (Fsp3) is 0. The summed E-state index contributed by atoms with van der Waals surface area (Å²) in [4.78, 5) is 37.1. The van der Waals surface area contributed by atoms with Crippen LogP contribution in [0.3, 0.4) is 0 Å². The number of azo groups is 1. The van der Waals surface area contributed by atoms with E-state index in [1.165, 1.54) is 60.7 Å². The van der Waals surface area contributed by atoms with Gasteiger partial charge in [-0.2, -0.15) is 40.6 Å². The number of fused-ring (bicyclic) bond motifs is 1. The van der Waals surface area contributed by atoms with Crippen molar-refractivity contribution in [2.45, 2.75) is 9.79 Å². The van der Waals surface area contributed by atoms with E-state index in [2.05, 4.69) is 31.4 Å². The number of ketones is 1. The van der Waals surface area contributed by atoms with Crippen LogP contribution in [0.1, 0.15) is 36.6 Å². The highest BCUT2D eigenvalue weighted by atomic mass is 32.2. The van der Waals surface area contributed by atoms with Crippen molar-refractivity contribution in [2.75, 3.05) is 16.1 Å². The van der Waals surface area contributed by atoms with Crippen LogP contribution in [0, 0.1) is 0 Å². The number of nitrogens with one attached hydrogen (secondary N) is 3. The van der Waals surface area contributed by atoms with E-state index in [1.807, 2.05) is 0 Å². The Morgan fingerprint density at radius 3 is 1.65 bits per heavy atom. The van der Waals surface area contributed by atoms with Gasteiger partial charge in [-0.25, -0.2) is 0 Å². The lowest BCUT2D eigenvalue weighted by Gasteiger charge is -2.21. The predicted octanol–water partition coefficient (Wildman–Crippen LogP) is 5.88. The van der Waals surface area contributed by atoms with Gasteiger partial charge in [-0.1, -0.05) is 18.2 Å². The molecule has 0 saturated carbocycles. The number of allylic oxidation sites excluding steroid dienone is 2. The molecule has 6 N–H and O–H groups in total. The van der Waals surface area contributed by atoms with E-state index < -0.39 is 80.3 Å². The average Bonchev–Trinajstić information content (AvgIpc) is 3.16. The van der Waals surface area contributed by atoms with E-state index in [9.17, 15) is 48.7 Å². The Labute approximate surface area is 323 Å². The van der Waals surface area contributed by atoms with Gasteiger partial charge >= 0.3 is 0 Å². The zero-order chi connectivity index (χ0) is 41.1. The third kappa shape index (κ3) is 9.56. The molecule has 0 aromatic heterocycles. The highest BCUT2D eigenvalue weighted by Gasteiger charge is 2.35. The molecular weight excluding hydrogens is 805 g/mol. The number of hydrazone groups is 1. The first-order valence-corrected chi connectivity index (χ1v) is 20.3. The Morgan fingerprint density at radius 2 is 1.09 bits per heavy atom. The van der Waals surface area contributed by atoms with Gasteiger partial charge in [-0.3, -0.25) is 33.5 Å². The molecule has 0 bridgehead atoms. The number of carbonyl (C=O) groups is 3. The first kappa shape index (κ1) is 39.9. The van der Waals surface area contributed by atoms with Gasteiger partial charge in [0, 0.05) is 28.5 Å². The molecule has 2 amide bonds. The van der Waals surface area contributed by atoms with E-state index >= 15 is 0 Å². The number of hydrogen-bond donors (Lipinski definition) is 6. The summed E-state index contributed by atoms with van der Waals surface area (Å²) in [6, 6.07) is 26.0. The van der Waals surface area contributed by atoms with Crippen molar-refractivity contribution in [2.24, 2.45) is 15.3 Å². The number of amides is 2. The van der Waals surface area contributed by atoms with Crippen LogP contribution in [0.2, 0.25) is 0 Å². The van der Waals surface area contributed by atoms with Gasteiger partial charge in [0.25, 0.3) is 42.2 Å². The van der Waals surface area contributed by atoms with Crippen molar-refractivity contribution >= 4 is 82.1 Å². The normalized spacial score (nSPS) is 13.8. The lowest BCUT2D eigenvalue weighted by Crippen LogP contribution is -2.26. The minimum absolute atomic E-state index is 0.123. The molecule has 1 aliphatic carbocycles.